The zero-order valence-electron chi connectivity index (χ0n) is 14.1. The Kier molecular flexibility index (Phi) is 6.01. The number of aromatic amines is 1. The van der Waals surface area contributed by atoms with Crippen LogP contribution in [0.15, 0.2) is 30.3 Å². The Morgan fingerprint density at radius 2 is 1.88 bits per heavy atom. The fourth-order valence-electron chi connectivity index (χ4n) is 2.43. The molecule has 128 valence electrons. The van der Waals surface area contributed by atoms with Gasteiger partial charge in [-0.15, -0.1) is 0 Å². The van der Waals surface area contributed by atoms with Gasteiger partial charge in [-0.05, 0) is 38.5 Å². The molecule has 2 N–H and O–H groups in total. The van der Waals surface area contributed by atoms with Crippen LogP contribution in [-0.2, 0) is 4.74 Å². The number of carbonyl (C=O) groups is 2. The highest BCUT2D eigenvalue weighted by atomic mass is 16.5. The van der Waals surface area contributed by atoms with E-state index in [1.165, 1.54) is 0 Å². The number of para-hydroxylation sites is 1. The van der Waals surface area contributed by atoms with Gasteiger partial charge in [-0.25, -0.2) is 4.79 Å². The average Bonchev–Trinajstić information content (AvgIpc) is 2.87. The molecule has 1 heterocycles. The van der Waals surface area contributed by atoms with Crippen LogP contribution in [0.3, 0.4) is 0 Å². The van der Waals surface area contributed by atoms with E-state index in [0.717, 1.165) is 5.75 Å². The van der Waals surface area contributed by atoms with Crippen LogP contribution >= 0.6 is 0 Å². The summed E-state index contributed by atoms with van der Waals surface area (Å²) in [4.78, 5) is 27.2. The van der Waals surface area contributed by atoms with Gasteiger partial charge in [-0.3, -0.25) is 4.79 Å². The fraction of sp³-hybridized carbons (Fsp3) is 0.333. The highest BCUT2D eigenvalue weighted by Gasteiger charge is 2.22. The SMILES string of the molecule is CCOC(=O)c1c(C)[nH]c(C(=O)NCCOc2ccccc2)c1C. The Hall–Kier alpha value is -2.76. The Morgan fingerprint density at radius 3 is 2.54 bits per heavy atom. The van der Waals surface area contributed by atoms with E-state index in [1.807, 2.05) is 30.3 Å². The molecule has 1 aromatic carbocycles. The quantitative estimate of drug-likeness (QED) is 0.604. The molecule has 0 aliphatic heterocycles. The molecule has 2 rings (SSSR count). The smallest absolute Gasteiger partial charge is 0.340 e. The van der Waals surface area contributed by atoms with Crippen LogP contribution < -0.4 is 10.1 Å². The Labute approximate surface area is 141 Å². The summed E-state index contributed by atoms with van der Waals surface area (Å²) in [6.07, 6.45) is 0. The lowest BCUT2D eigenvalue weighted by atomic mass is 10.1. The second-order valence-electron chi connectivity index (χ2n) is 5.26. The minimum atomic E-state index is -0.421. The van der Waals surface area contributed by atoms with E-state index in [0.29, 0.717) is 42.3 Å². The molecule has 1 amide bonds. The third kappa shape index (κ3) is 4.16. The van der Waals surface area contributed by atoms with Gasteiger partial charge in [0, 0.05) is 5.69 Å². The molecular weight excluding hydrogens is 308 g/mol. The van der Waals surface area contributed by atoms with Crippen LogP contribution in [0.1, 0.15) is 39.0 Å². The predicted octanol–water partition coefficient (Wildman–Crippen LogP) is 2.62. The first-order valence-corrected chi connectivity index (χ1v) is 7.87. The Bertz CT molecular complexity index is 707. The highest BCUT2D eigenvalue weighted by Crippen LogP contribution is 2.19. The molecule has 6 nitrogen and oxygen atoms in total. The molecule has 6 heteroatoms. The summed E-state index contributed by atoms with van der Waals surface area (Å²) in [5.74, 6) is 0.0567. The van der Waals surface area contributed by atoms with E-state index in [2.05, 4.69) is 10.3 Å². The first-order valence-electron chi connectivity index (χ1n) is 7.87. The molecule has 0 aliphatic carbocycles. The van der Waals surface area contributed by atoms with Crippen molar-refractivity contribution in [2.24, 2.45) is 0 Å². The monoisotopic (exact) mass is 330 g/mol. The van der Waals surface area contributed by atoms with Gasteiger partial charge in [0.05, 0.1) is 18.7 Å². The minimum Gasteiger partial charge on any atom is -0.492 e. The zero-order chi connectivity index (χ0) is 17.5. The van der Waals surface area contributed by atoms with Crippen molar-refractivity contribution in [1.29, 1.82) is 0 Å². The van der Waals surface area contributed by atoms with Crippen LogP contribution in [0, 0.1) is 13.8 Å². The van der Waals surface area contributed by atoms with Gasteiger partial charge in [0.1, 0.15) is 18.1 Å². The summed E-state index contributed by atoms with van der Waals surface area (Å²) in [6, 6.07) is 9.38. The molecule has 0 spiro atoms. The zero-order valence-corrected chi connectivity index (χ0v) is 14.1. The summed E-state index contributed by atoms with van der Waals surface area (Å²) < 4.78 is 10.5. The number of aromatic nitrogens is 1. The summed E-state index contributed by atoms with van der Waals surface area (Å²) in [7, 11) is 0. The average molecular weight is 330 g/mol. The number of esters is 1. The highest BCUT2D eigenvalue weighted by molar-refractivity contribution is 6.00. The van der Waals surface area contributed by atoms with Crippen molar-refractivity contribution < 1.29 is 19.1 Å². The number of ether oxygens (including phenoxy) is 2. The van der Waals surface area contributed by atoms with Gasteiger partial charge in [0.2, 0.25) is 0 Å². The standard InChI is InChI=1S/C18H22N2O4/c1-4-23-18(22)15-12(2)16(20-13(15)3)17(21)19-10-11-24-14-8-6-5-7-9-14/h5-9,20H,4,10-11H2,1-3H3,(H,19,21). The van der Waals surface area contributed by atoms with E-state index >= 15 is 0 Å². The molecule has 0 bridgehead atoms. The lowest BCUT2D eigenvalue weighted by molar-refractivity contribution is 0.0525. The van der Waals surface area contributed by atoms with E-state index < -0.39 is 5.97 Å². The number of nitrogens with one attached hydrogen (secondary N) is 2. The van der Waals surface area contributed by atoms with E-state index in [1.54, 1.807) is 20.8 Å². The molecular formula is C18H22N2O4. The van der Waals surface area contributed by atoms with Crippen molar-refractivity contribution in [2.45, 2.75) is 20.8 Å². The molecule has 0 atom stereocenters. The molecule has 2 aromatic rings. The lowest BCUT2D eigenvalue weighted by Crippen LogP contribution is -2.29. The molecule has 24 heavy (non-hydrogen) atoms. The second-order valence-corrected chi connectivity index (χ2v) is 5.26. The summed E-state index contributed by atoms with van der Waals surface area (Å²) >= 11 is 0. The lowest BCUT2D eigenvalue weighted by Gasteiger charge is -2.07. The van der Waals surface area contributed by atoms with Crippen LogP contribution in [-0.4, -0.2) is 36.6 Å². The van der Waals surface area contributed by atoms with Crippen molar-refractivity contribution in [1.82, 2.24) is 10.3 Å². The van der Waals surface area contributed by atoms with E-state index in [4.69, 9.17) is 9.47 Å². The van der Waals surface area contributed by atoms with Crippen LogP contribution in [0.25, 0.3) is 0 Å². The van der Waals surface area contributed by atoms with Crippen molar-refractivity contribution in [3.63, 3.8) is 0 Å². The fourth-order valence-corrected chi connectivity index (χ4v) is 2.43. The van der Waals surface area contributed by atoms with Gasteiger partial charge < -0.3 is 19.8 Å². The summed E-state index contributed by atoms with van der Waals surface area (Å²) in [6.45, 7) is 6.23. The van der Waals surface area contributed by atoms with Gasteiger partial charge in [0.25, 0.3) is 5.91 Å². The first-order chi connectivity index (χ1) is 11.5. The topological polar surface area (TPSA) is 80.4 Å². The normalized spacial score (nSPS) is 10.3. The van der Waals surface area contributed by atoms with Gasteiger partial charge in [0.15, 0.2) is 0 Å². The third-order valence-electron chi connectivity index (χ3n) is 3.54. The first kappa shape index (κ1) is 17.6. The number of amides is 1. The number of benzene rings is 1. The molecule has 0 saturated carbocycles. The van der Waals surface area contributed by atoms with Crippen LogP contribution in [0.2, 0.25) is 0 Å². The minimum absolute atomic E-state index is 0.275. The number of hydrogen-bond donors (Lipinski definition) is 2. The van der Waals surface area contributed by atoms with Crippen LogP contribution in [0.4, 0.5) is 0 Å². The Morgan fingerprint density at radius 1 is 1.17 bits per heavy atom. The van der Waals surface area contributed by atoms with Crippen molar-refractivity contribution >= 4 is 11.9 Å². The van der Waals surface area contributed by atoms with E-state index in [9.17, 15) is 9.59 Å². The maximum absolute atomic E-state index is 12.3. The second kappa shape index (κ2) is 8.19. The van der Waals surface area contributed by atoms with Crippen molar-refractivity contribution in [3.8, 4) is 5.75 Å². The maximum atomic E-state index is 12.3. The number of hydrogen-bond acceptors (Lipinski definition) is 4. The predicted molar refractivity (Wildman–Crippen MR) is 90.5 cm³/mol. The third-order valence-corrected chi connectivity index (χ3v) is 3.54. The number of H-pyrrole nitrogens is 1. The molecule has 0 unspecified atom stereocenters. The maximum Gasteiger partial charge on any atom is 0.340 e. The summed E-state index contributed by atoms with van der Waals surface area (Å²) in [5, 5.41) is 2.77. The molecule has 0 aliphatic rings. The van der Waals surface area contributed by atoms with Crippen molar-refractivity contribution in [2.75, 3.05) is 19.8 Å². The number of carbonyl (C=O) groups excluding carboxylic acids is 2. The number of aryl methyl sites for hydroxylation is 1. The summed E-state index contributed by atoms with van der Waals surface area (Å²) in [5.41, 5.74) is 2.00. The van der Waals surface area contributed by atoms with Gasteiger partial charge >= 0.3 is 5.97 Å². The molecule has 0 radical (unpaired) electrons. The largest absolute Gasteiger partial charge is 0.492 e. The molecule has 0 saturated heterocycles. The van der Waals surface area contributed by atoms with Gasteiger partial charge in [-0.2, -0.15) is 0 Å². The van der Waals surface area contributed by atoms with Gasteiger partial charge in [-0.1, -0.05) is 18.2 Å². The Balaban J connectivity index is 1.93. The van der Waals surface area contributed by atoms with Crippen LogP contribution in [0.5, 0.6) is 5.75 Å². The molecule has 1 aromatic heterocycles. The van der Waals surface area contributed by atoms with Crippen molar-refractivity contribution in [3.05, 3.63) is 52.8 Å². The number of rotatable bonds is 7. The van der Waals surface area contributed by atoms with E-state index in [-0.39, 0.29) is 5.91 Å². The molecule has 0 fully saturated rings.